The number of hydrogen-bond donors (Lipinski definition) is 1. The van der Waals surface area contributed by atoms with E-state index in [0.717, 1.165) is 17.1 Å². The van der Waals surface area contributed by atoms with Crippen molar-refractivity contribution in [1.29, 1.82) is 0 Å². The molecule has 5 nitrogen and oxygen atoms in total. The normalized spacial score (nSPS) is 19.0. The van der Waals surface area contributed by atoms with E-state index < -0.39 is 0 Å². The molecule has 1 fully saturated rings. The average Bonchev–Trinajstić information content (AvgIpc) is 3.06. The van der Waals surface area contributed by atoms with Crippen LogP contribution < -0.4 is 5.32 Å². The van der Waals surface area contributed by atoms with E-state index in [1.54, 1.807) is 17.0 Å². The lowest BCUT2D eigenvalue weighted by atomic mass is 10.1. The fourth-order valence-corrected chi connectivity index (χ4v) is 2.89. The molecule has 2 unspecified atom stereocenters. The second-order valence-electron chi connectivity index (χ2n) is 6.30. The van der Waals surface area contributed by atoms with Crippen LogP contribution in [0.15, 0.2) is 40.8 Å². The predicted molar refractivity (Wildman–Crippen MR) is 91.5 cm³/mol. The van der Waals surface area contributed by atoms with Crippen molar-refractivity contribution in [2.75, 3.05) is 26.2 Å². The zero-order chi connectivity index (χ0) is 17.8. The number of morpholine rings is 1. The van der Waals surface area contributed by atoms with Gasteiger partial charge in [-0.15, -0.1) is 0 Å². The van der Waals surface area contributed by atoms with Gasteiger partial charge in [0.25, 0.3) is 0 Å². The van der Waals surface area contributed by atoms with Crippen molar-refractivity contribution in [3.63, 3.8) is 0 Å². The van der Waals surface area contributed by atoms with Crippen molar-refractivity contribution in [3.05, 3.63) is 59.3 Å². The molecular formula is C19H23FN2O3. The third kappa shape index (κ3) is 4.46. The molecule has 1 aromatic heterocycles. The smallest absolute Gasteiger partial charge is 0.236 e. The first kappa shape index (κ1) is 17.6. The molecule has 1 N–H and O–H groups in total. The lowest BCUT2D eigenvalue weighted by Gasteiger charge is -2.33. The number of halogens is 1. The molecule has 2 heterocycles. The van der Waals surface area contributed by atoms with E-state index in [1.165, 1.54) is 12.1 Å². The molecule has 1 saturated heterocycles. The van der Waals surface area contributed by atoms with Crippen molar-refractivity contribution >= 4 is 5.91 Å². The summed E-state index contributed by atoms with van der Waals surface area (Å²) in [5, 5.41) is 3.20. The molecule has 2 atom stereocenters. The third-order valence-electron chi connectivity index (χ3n) is 4.41. The number of aryl methyl sites for hydroxylation is 1. The second kappa shape index (κ2) is 7.80. The summed E-state index contributed by atoms with van der Waals surface area (Å²) in [4.78, 5) is 14.3. The van der Waals surface area contributed by atoms with Crippen LogP contribution >= 0.6 is 0 Å². The Kier molecular flexibility index (Phi) is 5.50. The van der Waals surface area contributed by atoms with Crippen LogP contribution in [0.1, 0.15) is 36.2 Å². The largest absolute Gasteiger partial charge is 0.465 e. The summed E-state index contributed by atoms with van der Waals surface area (Å²) in [6.45, 7) is 5.60. The van der Waals surface area contributed by atoms with Gasteiger partial charge in [-0.25, -0.2) is 4.39 Å². The highest BCUT2D eigenvalue weighted by Gasteiger charge is 2.25. The van der Waals surface area contributed by atoms with Gasteiger partial charge in [0.1, 0.15) is 23.4 Å². The summed E-state index contributed by atoms with van der Waals surface area (Å²) >= 11 is 0. The maximum absolute atomic E-state index is 13.1. The fourth-order valence-electron chi connectivity index (χ4n) is 2.89. The number of carbonyl (C=O) groups excluding carboxylic acids is 1. The van der Waals surface area contributed by atoms with Crippen molar-refractivity contribution in [3.8, 4) is 0 Å². The topological polar surface area (TPSA) is 54.7 Å². The highest BCUT2D eigenvalue weighted by atomic mass is 19.1. The van der Waals surface area contributed by atoms with Gasteiger partial charge in [0, 0.05) is 6.54 Å². The molecule has 0 bridgehead atoms. The molecule has 6 heteroatoms. The molecule has 0 aliphatic carbocycles. The highest BCUT2D eigenvalue weighted by Crippen LogP contribution is 2.22. The van der Waals surface area contributed by atoms with Crippen LogP contribution in [0.2, 0.25) is 0 Å². The Morgan fingerprint density at radius 3 is 2.76 bits per heavy atom. The summed E-state index contributed by atoms with van der Waals surface area (Å²) in [5.41, 5.74) is 0.881. The Balaban J connectivity index is 1.54. The van der Waals surface area contributed by atoms with E-state index in [9.17, 15) is 9.18 Å². The fraction of sp³-hybridized carbons (Fsp3) is 0.421. The molecule has 0 saturated carbocycles. The van der Waals surface area contributed by atoms with Crippen LogP contribution in [0.3, 0.4) is 0 Å². The molecular weight excluding hydrogens is 323 g/mol. The van der Waals surface area contributed by atoms with Gasteiger partial charge in [0.15, 0.2) is 0 Å². The minimum Gasteiger partial charge on any atom is -0.465 e. The molecule has 1 amide bonds. The number of amides is 1. The Morgan fingerprint density at radius 1 is 1.32 bits per heavy atom. The van der Waals surface area contributed by atoms with Gasteiger partial charge in [0.05, 0.1) is 25.7 Å². The molecule has 134 valence electrons. The minimum atomic E-state index is -0.279. The first-order chi connectivity index (χ1) is 12.0. The Hall–Kier alpha value is -2.18. The van der Waals surface area contributed by atoms with Gasteiger partial charge in [-0.3, -0.25) is 10.1 Å². The van der Waals surface area contributed by atoms with E-state index in [0.29, 0.717) is 19.7 Å². The molecule has 1 aliphatic heterocycles. The molecule has 25 heavy (non-hydrogen) atoms. The Labute approximate surface area is 146 Å². The summed E-state index contributed by atoms with van der Waals surface area (Å²) in [6, 6.07) is 10.0. The molecule has 3 rings (SSSR count). The summed E-state index contributed by atoms with van der Waals surface area (Å²) in [5.74, 6) is 1.41. The SMILES string of the molecule is Cc1ccc(C(C)NCC(=O)N2CCOC(c3ccc(F)cc3)C2)o1. The Bertz CT molecular complexity index is 714. The molecule has 2 aromatic rings. The number of carbonyl (C=O) groups is 1. The van der Waals surface area contributed by atoms with E-state index in [4.69, 9.17) is 9.15 Å². The summed E-state index contributed by atoms with van der Waals surface area (Å²) in [7, 11) is 0. The number of ether oxygens (including phenoxy) is 1. The molecule has 0 spiro atoms. The van der Waals surface area contributed by atoms with Crippen LogP contribution in [-0.4, -0.2) is 37.0 Å². The van der Waals surface area contributed by atoms with Crippen molar-refractivity contribution < 1.29 is 18.3 Å². The Morgan fingerprint density at radius 2 is 2.08 bits per heavy atom. The predicted octanol–water partition coefficient (Wildman–Crippen LogP) is 2.98. The van der Waals surface area contributed by atoms with Crippen LogP contribution in [-0.2, 0) is 9.53 Å². The number of rotatable bonds is 5. The van der Waals surface area contributed by atoms with Gasteiger partial charge in [-0.1, -0.05) is 12.1 Å². The van der Waals surface area contributed by atoms with E-state index in [-0.39, 0.29) is 30.4 Å². The first-order valence-electron chi connectivity index (χ1n) is 8.47. The number of benzene rings is 1. The van der Waals surface area contributed by atoms with Crippen molar-refractivity contribution in [2.24, 2.45) is 0 Å². The van der Waals surface area contributed by atoms with Crippen LogP contribution in [0.25, 0.3) is 0 Å². The van der Waals surface area contributed by atoms with Crippen molar-refractivity contribution in [1.82, 2.24) is 10.2 Å². The zero-order valence-corrected chi connectivity index (χ0v) is 14.5. The van der Waals surface area contributed by atoms with E-state index in [2.05, 4.69) is 5.32 Å². The van der Waals surface area contributed by atoms with Gasteiger partial charge in [-0.05, 0) is 43.7 Å². The van der Waals surface area contributed by atoms with Gasteiger partial charge >= 0.3 is 0 Å². The number of furan rings is 1. The summed E-state index contributed by atoms with van der Waals surface area (Å²) in [6.07, 6.45) is -0.219. The standard InChI is InChI=1S/C19H23FN2O3/c1-13-3-8-17(25-13)14(2)21-11-19(23)22-9-10-24-18(12-22)15-4-6-16(20)7-5-15/h3-8,14,18,21H,9-12H2,1-2H3. The molecule has 1 aliphatic rings. The first-order valence-corrected chi connectivity index (χ1v) is 8.47. The highest BCUT2D eigenvalue weighted by molar-refractivity contribution is 5.78. The number of hydrogen-bond acceptors (Lipinski definition) is 4. The van der Waals surface area contributed by atoms with Gasteiger partial charge in [-0.2, -0.15) is 0 Å². The lowest BCUT2D eigenvalue weighted by molar-refractivity contribution is -0.138. The zero-order valence-electron chi connectivity index (χ0n) is 14.5. The van der Waals surface area contributed by atoms with E-state index in [1.807, 2.05) is 26.0 Å². The lowest BCUT2D eigenvalue weighted by Crippen LogP contribution is -2.46. The number of nitrogens with zero attached hydrogens (tertiary/aromatic N) is 1. The quantitative estimate of drug-likeness (QED) is 0.904. The summed E-state index contributed by atoms with van der Waals surface area (Å²) < 4.78 is 24.4. The number of nitrogens with one attached hydrogen (secondary N) is 1. The molecule has 1 aromatic carbocycles. The van der Waals surface area contributed by atoms with Crippen LogP contribution in [0.5, 0.6) is 0 Å². The minimum absolute atomic E-state index is 0.0190. The third-order valence-corrected chi connectivity index (χ3v) is 4.41. The van der Waals surface area contributed by atoms with Crippen LogP contribution in [0.4, 0.5) is 4.39 Å². The maximum atomic E-state index is 13.1. The molecule has 0 radical (unpaired) electrons. The van der Waals surface area contributed by atoms with Crippen LogP contribution in [0, 0.1) is 12.7 Å². The van der Waals surface area contributed by atoms with Crippen molar-refractivity contribution in [2.45, 2.75) is 26.0 Å². The second-order valence-corrected chi connectivity index (χ2v) is 6.30. The average molecular weight is 346 g/mol. The van der Waals surface area contributed by atoms with Gasteiger partial charge < -0.3 is 14.1 Å². The van der Waals surface area contributed by atoms with Gasteiger partial charge in [0.2, 0.25) is 5.91 Å². The monoisotopic (exact) mass is 346 g/mol. The maximum Gasteiger partial charge on any atom is 0.236 e. The van der Waals surface area contributed by atoms with E-state index >= 15 is 0 Å².